The van der Waals surface area contributed by atoms with Crippen molar-refractivity contribution >= 4 is 37.6 Å². The predicted molar refractivity (Wildman–Crippen MR) is 87.1 cm³/mol. The maximum atomic E-state index is 12.8. The lowest BCUT2D eigenvalue weighted by Crippen LogP contribution is -2.41. The Labute approximate surface area is 139 Å². The molecule has 4 nitrogen and oxygen atoms in total. The van der Waals surface area contributed by atoms with Crippen molar-refractivity contribution in [1.82, 2.24) is 4.31 Å². The average molecular weight is 397 g/mol. The monoisotopic (exact) mass is 395 g/mol. The molecular formula is C14H19BrClNO3S. The Bertz CT molecular complexity index is 586. The molecule has 1 aliphatic rings. The minimum absolute atomic E-state index is 0.166. The number of ether oxygens (including phenoxy) is 1. The maximum Gasteiger partial charge on any atom is 0.244 e. The van der Waals surface area contributed by atoms with Gasteiger partial charge in [-0.15, -0.1) is 11.6 Å². The molecule has 1 heterocycles. The number of sulfonamides is 1. The van der Waals surface area contributed by atoms with E-state index in [0.29, 0.717) is 30.0 Å². The van der Waals surface area contributed by atoms with Crippen molar-refractivity contribution in [3.05, 3.63) is 28.2 Å². The van der Waals surface area contributed by atoms with Gasteiger partial charge in [0.2, 0.25) is 10.0 Å². The average Bonchev–Trinajstić information content (AvgIpc) is 2.48. The van der Waals surface area contributed by atoms with Crippen molar-refractivity contribution in [1.29, 1.82) is 0 Å². The van der Waals surface area contributed by atoms with Gasteiger partial charge in [0.15, 0.2) is 0 Å². The molecule has 0 bridgehead atoms. The fourth-order valence-electron chi connectivity index (χ4n) is 2.44. The van der Waals surface area contributed by atoms with Gasteiger partial charge in [-0.2, -0.15) is 4.31 Å². The van der Waals surface area contributed by atoms with Crippen LogP contribution < -0.4 is 0 Å². The second-order valence-corrected chi connectivity index (χ2v) is 7.99. The third-order valence-electron chi connectivity index (χ3n) is 3.57. The largest absolute Gasteiger partial charge is 0.378 e. The van der Waals surface area contributed by atoms with Crippen LogP contribution in [-0.4, -0.2) is 38.5 Å². The first-order valence-corrected chi connectivity index (χ1v) is 9.72. The summed E-state index contributed by atoms with van der Waals surface area (Å²) in [5.41, 5.74) is 0.794. The number of hydrogen-bond acceptors (Lipinski definition) is 3. The van der Waals surface area contributed by atoms with Crippen LogP contribution >= 0.6 is 27.5 Å². The number of hydrogen-bond donors (Lipinski definition) is 0. The van der Waals surface area contributed by atoms with Gasteiger partial charge in [-0.25, -0.2) is 8.42 Å². The van der Waals surface area contributed by atoms with E-state index in [1.54, 1.807) is 12.1 Å². The van der Waals surface area contributed by atoms with E-state index < -0.39 is 10.0 Å². The summed E-state index contributed by atoms with van der Waals surface area (Å²) in [6, 6.07) is 5.19. The number of rotatable bonds is 5. The fraction of sp³-hybridized carbons (Fsp3) is 0.571. The van der Waals surface area contributed by atoms with Gasteiger partial charge in [0.05, 0.1) is 11.0 Å². The highest BCUT2D eigenvalue weighted by Crippen LogP contribution is 2.29. The molecule has 118 valence electrons. The van der Waals surface area contributed by atoms with E-state index in [9.17, 15) is 8.42 Å². The molecule has 0 atom stereocenters. The zero-order valence-electron chi connectivity index (χ0n) is 11.9. The lowest BCUT2D eigenvalue weighted by atomic mass is 10.1. The van der Waals surface area contributed by atoms with Crippen LogP contribution in [0, 0.1) is 0 Å². The van der Waals surface area contributed by atoms with Crippen LogP contribution in [0.4, 0.5) is 0 Å². The molecule has 0 aromatic heterocycles. The lowest BCUT2D eigenvalue weighted by molar-refractivity contribution is 0.0290. The number of alkyl halides is 1. The molecule has 0 radical (unpaired) electrons. The van der Waals surface area contributed by atoms with Gasteiger partial charge in [0, 0.05) is 30.0 Å². The number of piperidine rings is 1. The minimum Gasteiger partial charge on any atom is -0.378 e. The predicted octanol–water partition coefficient (Wildman–Crippen LogP) is 3.38. The number of halogens is 2. The van der Waals surface area contributed by atoms with E-state index in [0.717, 1.165) is 18.4 Å². The normalized spacial score (nSPS) is 18.0. The van der Waals surface area contributed by atoms with Crippen LogP contribution in [0.25, 0.3) is 0 Å². The van der Waals surface area contributed by atoms with Crippen molar-refractivity contribution in [2.75, 3.05) is 19.7 Å². The van der Waals surface area contributed by atoms with Gasteiger partial charge >= 0.3 is 0 Å². The first-order valence-electron chi connectivity index (χ1n) is 6.95. The Morgan fingerprint density at radius 1 is 1.38 bits per heavy atom. The highest BCUT2D eigenvalue weighted by Gasteiger charge is 2.31. The summed E-state index contributed by atoms with van der Waals surface area (Å²) >= 11 is 9.13. The quantitative estimate of drug-likeness (QED) is 0.717. The molecule has 21 heavy (non-hydrogen) atoms. The van der Waals surface area contributed by atoms with Crippen molar-refractivity contribution in [3.8, 4) is 0 Å². The van der Waals surface area contributed by atoms with Crippen LogP contribution in [0.1, 0.15) is 25.3 Å². The van der Waals surface area contributed by atoms with E-state index in [-0.39, 0.29) is 11.0 Å². The Morgan fingerprint density at radius 2 is 2.05 bits per heavy atom. The molecule has 1 aromatic rings. The summed E-state index contributed by atoms with van der Waals surface area (Å²) in [6.07, 6.45) is 1.64. The van der Waals surface area contributed by atoms with E-state index in [2.05, 4.69) is 15.9 Å². The van der Waals surface area contributed by atoms with E-state index in [1.165, 1.54) is 4.31 Å². The molecule has 0 saturated carbocycles. The lowest BCUT2D eigenvalue weighted by Gasteiger charge is -2.31. The van der Waals surface area contributed by atoms with Crippen LogP contribution in [-0.2, 0) is 20.6 Å². The smallest absolute Gasteiger partial charge is 0.244 e. The van der Waals surface area contributed by atoms with Crippen molar-refractivity contribution in [3.63, 3.8) is 0 Å². The summed E-state index contributed by atoms with van der Waals surface area (Å²) in [7, 11) is -3.49. The van der Waals surface area contributed by atoms with Crippen LogP contribution in [0.5, 0.6) is 0 Å². The molecule has 1 saturated heterocycles. The molecule has 7 heteroatoms. The zero-order valence-corrected chi connectivity index (χ0v) is 15.0. The standard InChI is InChI=1S/C14H19BrClNO3S/c1-2-20-12-5-7-17(8-6-12)21(18,19)14-9-11(10-16)3-4-13(14)15/h3-4,9,12H,2,5-8,10H2,1H3. The molecule has 1 aromatic carbocycles. The van der Waals surface area contributed by atoms with Gasteiger partial charge in [0.1, 0.15) is 0 Å². The second kappa shape index (κ2) is 7.42. The van der Waals surface area contributed by atoms with E-state index >= 15 is 0 Å². The Kier molecular flexibility index (Phi) is 6.08. The summed E-state index contributed by atoms with van der Waals surface area (Å²) in [4.78, 5) is 0.288. The Hall–Kier alpha value is -0.140. The molecule has 0 aliphatic carbocycles. The summed E-state index contributed by atoms with van der Waals surface area (Å²) in [6.45, 7) is 3.60. The van der Waals surface area contributed by atoms with Crippen molar-refractivity contribution in [2.45, 2.75) is 36.6 Å². The molecule has 0 N–H and O–H groups in total. The zero-order chi connectivity index (χ0) is 15.5. The highest BCUT2D eigenvalue weighted by molar-refractivity contribution is 9.10. The summed E-state index contributed by atoms with van der Waals surface area (Å²) < 4.78 is 33.2. The van der Waals surface area contributed by atoms with E-state index in [4.69, 9.17) is 16.3 Å². The third-order valence-corrected chi connectivity index (χ3v) is 6.77. The third kappa shape index (κ3) is 3.99. The van der Waals surface area contributed by atoms with Crippen LogP contribution in [0.15, 0.2) is 27.6 Å². The fourth-order valence-corrected chi connectivity index (χ4v) is 5.05. The van der Waals surface area contributed by atoms with Crippen molar-refractivity contribution in [2.24, 2.45) is 0 Å². The Balaban J connectivity index is 2.19. The van der Waals surface area contributed by atoms with Gasteiger partial charge in [-0.3, -0.25) is 0 Å². The van der Waals surface area contributed by atoms with Crippen LogP contribution in [0.3, 0.4) is 0 Å². The van der Waals surface area contributed by atoms with Gasteiger partial charge in [-0.1, -0.05) is 6.07 Å². The minimum atomic E-state index is -3.49. The molecule has 0 spiro atoms. The SMILES string of the molecule is CCOC1CCN(S(=O)(=O)c2cc(CCl)ccc2Br)CC1. The topological polar surface area (TPSA) is 46.6 Å². The molecule has 1 aliphatic heterocycles. The number of nitrogens with zero attached hydrogens (tertiary/aromatic N) is 1. The van der Waals surface area contributed by atoms with Crippen LogP contribution in [0.2, 0.25) is 0 Å². The summed E-state index contributed by atoms with van der Waals surface area (Å²) in [5.74, 6) is 0.294. The molecule has 0 amide bonds. The van der Waals surface area contributed by atoms with Gasteiger partial charge in [0.25, 0.3) is 0 Å². The van der Waals surface area contributed by atoms with E-state index in [1.807, 2.05) is 13.0 Å². The van der Waals surface area contributed by atoms with Gasteiger partial charge in [-0.05, 0) is 53.4 Å². The second-order valence-electron chi connectivity index (χ2n) is 4.96. The maximum absolute atomic E-state index is 12.8. The molecule has 1 fully saturated rings. The molecule has 2 rings (SSSR count). The van der Waals surface area contributed by atoms with Crippen molar-refractivity contribution < 1.29 is 13.2 Å². The molecular weight excluding hydrogens is 378 g/mol. The number of benzene rings is 1. The Morgan fingerprint density at radius 3 is 2.62 bits per heavy atom. The summed E-state index contributed by atoms with van der Waals surface area (Å²) in [5, 5.41) is 0. The molecule has 0 unspecified atom stereocenters. The first kappa shape index (κ1) is 17.2. The van der Waals surface area contributed by atoms with Gasteiger partial charge < -0.3 is 4.74 Å². The first-order chi connectivity index (χ1) is 9.98. The highest BCUT2D eigenvalue weighted by atomic mass is 79.9.